The summed E-state index contributed by atoms with van der Waals surface area (Å²) < 4.78 is 5.38. The summed E-state index contributed by atoms with van der Waals surface area (Å²) in [5.41, 5.74) is 7.92. The van der Waals surface area contributed by atoms with Crippen LogP contribution in [-0.2, 0) is 19.4 Å². The first kappa shape index (κ1) is 20.8. The van der Waals surface area contributed by atoms with Gasteiger partial charge in [-0.3, -0.25) is 0 Å². The Morgan fingerprint density at radius 1 is 1.09 bits per heavy atom. The van der Waals surface area contributed by atoms with Gasteiger partial charge in [-0.25, -0.2) is 4.98 Å². The third-order valence-corrected chi connectivity index (χ3v) is 7.26. The molecule has 3 heterocycles. The van der Waals surface area contributed by atoms with Crippen LogP contribution in [0.25, 0.3) is 0 Å². The number of nitrogens with zero attached hydrogens (tertiary/aromatic N) is 4. The van der Waals surface area contributed by atoms with Crippen molar-refractivity contribution < 1.29 is 4.74 Å². The number of ether oxygens (including phenoxy) is 1. The highest BCUT2D eigenvalue weighted by Crippen LogP contribution is 2.45. The number of halogens is 1. The van der Waals surface area contributed by atoms with Crippen LogP contribution in [0.4, 0.5) is 23.1 Å². The van der Waals surface area contributed by atoms with Crippen molar-refractivity contribution in [2.45, 2.75) is 38.1 Å². The highest BCUT2D eigenvalue weighted by molar-refractivity contribution is 6.33. The fraction of sp³-hybridized carbons (Fsp3) is 0.385. The number of likely N-dealkylation sites (N-methyl/N-ethyl adjacent to an activating group) is 1. The van der Waals surface area contributed by atoms with Crippen LogP contribution in [0.1, 0.15) is 41.0 Å². The third-order valence-electron chi connectivity index (χ3n) is 7.00. The monoisotopic (exact) mass is 461 g/mol. The van der Waals surface area contributed by atoms with Gasteiger partial charge in [0, 0.05) is 31.0 Å². The van der Waals surface area contributed by atoms with Gasteiger partial charge in [-0.2, -0.15) is 4.98 Å². The molecule has 1 aromatic heterocycles. The molecule has 7 heteroatoms. The number of nitrogens with one attached hydrogen (secondary N) is 1. The predicted molar refractivity (Wildman–Crippen MR) is 132 cm³/mol. The minimum atomic E-state index is 0.551. The molecule has 0 atom stereocenters. The Balaban J connectivity index is 1.32. The Hall–Kier alpha value is -2.83. The van der Waals surface area contributed by atoms with Crippen molar-refractivity contribution in [2.24, 2.45) is 0 Å². The maximum atomic E-state index is 6.57. The van der Waals surface area contributed by atoms with Crippen molar-refractivity contribution >= 4 is 34.7 Å². The molecule has 0 radical (unpaired) electrons. The summed E-state index contributed by atoms with van der Waals surface area (Å²) in [7, 11) is 3.89. The highest BCUT2D eigenvalue weighted by Gasteiger charge is 2.29. The average molecular weight is 462 g/mol. The minimum Gasteiger partial charge on any atom is -0.497 e. The molecule has 0 amide bonds. The number of hydrogen-bond donors (Lipinski definition) is 1. The van der Waals surface area contributed by atoms with E-state index in [1.165, 1.54) is 29.5 Å². The SMILES string of the molecule is COc1ccc2c(c1)CCN2c1nc(Nc2cc3c(c(C4CC4)c2)CCN(C)C3)ncc1Cl. The number of benzene rings is 2. The van der Waals surface area contributed by atoms with E-state index in [9.17, 15) is 0 Å². The standard InChI is InChI=1S/C26H28ClN5O/c1-31-9-8-21-18(15-31)11-19(13-22(21)16-3-4-16)29-26-28-14-23(27)25(30-26)32-10-7-17-12-20(33-2)5-6-24(17)32/h5-6,11-14,16H,3-4,7-10,15H2,1-2H3,(H,28,29,30). The van der Waals surface area contributed by atoms with Crippen molar-refractivity contribution in [2.75, 3.05) is 37.5 Å². The van der Waals surface area contributed by atoms with Crippen LogP contribution < -0.4 is 15.0 Å². The van der Waals surface area contributed by atoms with E-state index in [2.05, 4.69) is 51.4 Å². The molecule has 170 valence electrons. The number of aromatic nitrogens is 2. The molecule has 0 spiro atoms. The maximum absolute atomic E-state index is 6.57. The fourth-order valence-electron chi connectivity index (χ4n) is 5.17. The molecule has 0 saturated heterocycles. The van der Waals surface area contributed by atoms with Crippen molar-refractivity contribution in [3.63, 3.8) is 0 Å². The summed E-state index contributed by atoms with van der Waals surface area (Å²) in [5.74, 6) is 2.89. The number of methoxy groups -OCH3 is 1. The molecule has 6 nitrogen and oxygen atoms in total. The van der Waals surface area contributed by atoms with Crippen LogP contribution in [-0.4, -0.2) is 42.1 Å². The van der Waals surface area contributed by atoms with Crippen molar-refractivity contribution in [3.05, 3.63) is 63.8 Å². The lowest BCUT2D eigenvalue weighted by atomic mass is 9.91. The average Bonchev–Trinajstić information content (AvgIpc) is 3.58. The molecular weight excluding hydrogens is 434 g/mol. The summed E-state index contributed by atoms with van der Waals surface area (Å²) in [4.78, 5) is 13.9. The van der Waals surface area contributed by atoms with Crippen molar-refractivity contribution in [1.29, 1.82) is 0 Å². The van der Waals surface area contributed by atoms with Crippen LogP contribution in [0.3, 0.4) is 0 Å². The van der Waals surface area contributed by atoms with Gasteiger partial charge in [-0.1, -0.05) is 11.6 Å². The number of anilines is 4. The topological polar surface area (TPSA) is 53.5 Å². The molecule has 3 aliphatic rings. The van der Waals surface area contributed by atoms with Crippen LogP contribution in [0.2, 0.25) is 5.02 Å². The summed E-state index contributed by atoms with van der Waals surface area (Å²) in [5, 5.41) is 4.03. The Kier molecular flexibility index (Phi) is 5.15. The molecule has 1 fully saturated rings. The first-order chi connectivity index (χ1) is 16.1. The van der Waals surface area contributed by atoms with Crippen LogP contribution in [0, 0.1) is 0 Å². The summed E-state index contributed by atoms with van der Waals surface area (Å²) >= 11 is 6.57. The van der Waals surface area contributed by atoms with Gasteiger partial charge in [0.1, 0.15) is 10.8 Å². The molecular formula is C26H28ClN5O. The Morgan fingerprint density at radius 3 is 2.79 bits per heavy atom. The normalized spacial score (nSPS) is 17.6. The molecule has 2 aromatic carbocycles. The molecule has 1 N–H and O–H groups in total. The van der Waals surface area contributed by atoms with Gasteiger partial charge < -0.3 is 19.9 Å². The lowest BCUT2D eigenvalue weighted by Crippen LogP contribution is -2.27. The third kappa shape index (κ3) is 3.91. The largest absolute Gasteiger partial charge is 0.497 e. The number of fused-ring (bicyclic) bond motifs is 2. The summed E-state index contributed by atoms with van der Waals surface area (Å²) in [6.07, 6.45) is 6.36. The second-order valence-electron chi connectivity index (χ2n) is 9.35. The first-order valence-electron chi connectivity index (χ1n) is 11.7. The smallest absolute Gasteiger partial charge is 0.229 e. The molecule has 2 aliphatic heterocycles. The highest BCUT2D eigenvalue weighted by atomic mass is 35.5. The van der Waals surface area contributed by atoms with E-state index in [1.54, 1.807) is 18.9 Å². The van der Waals surface area contributed by atoms with Gasteiger partial charge in [-0.15, -0.1) is 0 Å². The van der Waals surface area contributed by atoms with E-state index >= 15 is 0 Å². The molecule has 1 aliphatic carbocycles. The van der Waals surface area contributed by atoms with Gasteiger partial charge in [0.15, 0.2) is 5.82 Å². The van der Waals surface area contributed by atoms with E-state index in [1.807, 2.05) is 6.07 Å². The zero-order valence-electron chi connectivity index (χ0n) is 19.1. The Bertz CT molecular complexity index is 1230. The fourth-order valence-corrected chi connectivity index (χ4v) is 5.36. The van der Waals surface area contributed by atoms with E-state index in [-0.39, 0.29) is 0 Å². The zero-order chi connectivity index (χ0) is 22.5. The van der Waals surface area contributed by atoms with E-state index in [4.69, 9.17) is 21.3 Å². The minimum absolute atomic E-state index is 0.551. The van der Waals surface area contributed by atoms with Crippen molar-refractivity contribution in [3.8, 4) is 5.75 Å². The lowest BCUT2D eigenvalue weighted by molar-refractivity contribution is 0.312. The Labute approximate surface area is 199 Å². The summed E-state index contributed by atoms with van der Waals surface area (Å²) in [6, 6.07) is 10.7. The quantitative estimate of drug-likeness (QED) is 0.546. The van der Waals surface area contributed by atoms with E-state index < -0.39 is 0 Å². The molecule has 3 aromatic rings. The number of hydrogen-bond acceptors (Lipinski definition) is 6. The zero-order valence-corrected chi connectivity index (χ0v) is 19.8. The molecule has 0 unspecified atom stereocenters. The van der Waals surface area contributed by atoms with Crippen LogP contribution in [0.5, 0.6) is 5.75 Å². The van der Waals surface area contributed by atoms with E-state index in [0.29, 0.717) is 16.9 Å². The molecule has 6 rings (SSSR count). The molecule has 0 bridgehead atoms. The van der Waals surface area contributed by atoms with Crippen LogP contribution in [0.15, 0.2) is 36.5 Å². The van der Waals surface area contributed by atoms with Gasteiger partial charge in [-0.05, 0) is 91.2 Å². The predicted octanol–water partition coefficient (Wildman–Crippen LogP) is 5.44. The number of rotatable bonds is 5. The molecule has 1 saturated carbocycles. The second kappa shape index (κ2) is 8.19. The van der Waals surface area contributed by atoms with E-state index in [0.717, 1.165) is 55.4 Å². The summed E-state index contributed by atoms with van der Waals surface area (Å²) in [6.45, 7) is 2.95. The lowest BCUT2D eigenvalue weighted by Gasteiger charge is -2.28. The van der Waals surface area contributed by atoms with Gasteiger partial charge >= 0.3 is 0 Å². The van der Waals surface area contributed by atoms with Crippen molar-refractivity contribution in [1.82, 2.24) is 14.9 Å². The van der Waals surface area contributed by atoms with Gasteiger partial charge in [0.2, 0.25) is 5.95 Å². The second-order valence-corrected chi connectivity index (χ2v) is 9.76. The van der Waals surface area contributed by atoms with Gasteiger partial charge in [0.05, 0.1) is 13.3 Å². The molecule has 33 heavy (non-hydrogen) atoms. The Morgan fingerprint density at radius 2 is 1.97 bits per heavy atom. The first-order valence-corrected chi connectivity index (χ1v) is 12.0. The van der Waals surface area contributed by atoms with Crippen LogP contribution >= 0.6 is 11.6 Å². The van der Waals surface area contributed by atoms with Gasteiger partial charge in [0.25, 0.3) is 0 Å². The maximum Gasteiger partial charge on any atom is 0.229 e.